The lowest BCUT2D eigenvalue weighted by atomic mass is 9.97. The number of aromatic amines is 1. The lowest BCUT2D eigenvalue weighted by Crippen LogP contribution is -2.44. The van der Waals surface area contributed by atoms with Crippen LogP contribution in [0.3, 0.4) is 0 Å². The topological polar surface area (TPSA) is 99.3 Å². The van der Waals surface area contributed by atoms with Gasteiger partial charge in [0.25, 0.3) is 0 Å². The third kappa shape index (κ3) is 4.36. The molecule has 2 aliphatic rings. The molecule has 27 heavy (non-hydrogen) atoms. The summed E-state index contributed by atoms with van der Waals surface area (Å²) in [5.74, 6) is 0.981. The van der Waals surface area contributed by atoms with E-state index in [1.54, 1.807) is 6.33 Å². The fourth-order valence-corrected chi connectivity index (χ4v) is 3.86. The van der Waals surface area contributed by atoms with Gasteiger partial charge in [-0.25, -0.2) is 15.0 Å². The third-order valence-electron chi connectivity index (χ3n) is 5.35. The van der Waals surface area contributed by atoms with Crippen LogP contribution in [-0.2, 0) is 9.53 Å². The van der Waals surface area contributed by atoms with Gasteiger partial charge >= 0.3 is 0 Å². The Balaban J connectivity index is 1.27. The molecule has 2 fully saturated rings. The summed E-state index contributed by atoms with van der Waals surface area (Å²) in [5.41, 5.74) is 1.50. The van der Waals surface area contributed by atoms with E-state index in [-0.39, 0.29) is 11.8 Å². The molecule has 2 aliphatic heterocycles. The number of H-pyrrole nitrogens is 1. The van der Waals surface area contributed by atoms with E-state index in [0.29, 0.717) is 12.2 Å². The molecule has 0 saturated carbocycles. The molecule has 9 heteroatoms. The first kappa shape index (κ1) is 18.1. The Kier molecular flexibility index (Phi) is 5.78. The zero-order valence-electron chi connectivity index (χ0n) is 15.6. The number of hydrogen-bond donors (Lipinski definition) is 2. The molecular formula is C18H27N7O2. The van der Waals surface area contributed by atoms with Crippen LogP contribution in [-0.4, -0.2) is 83.2 Å². The first-order chi connectivity index (χ1) is 13.3. The van der Waals surface area contributed by atoms with E-state index >= 15 is 0 Å². The number of carbonyl (C=O) groups excluding carboxylic acids is 1. The SMILES string of the molecule is O=C(NCCCN1CCOCC1)[C@@H]1CCCN(c2ncnc3nc[nH]c23)C1. The highest BCUT2D eigenvalue weighted by atomic mass is 16.5. The molecule has 2 aromatic heterocycles. The summed E-state index contributed by atoms with van der Waals surface area (Å²) in [6, 6.07) is 0. The highest BCUT2D eigenvalue weighted by Gasteiger charge is 2.27. The molecule has 1 amide bonds. The molecule has 9 nitrogen and oxygen atoms in total. The minimum absolute atomic E-state index is 0.00456. The second kappa shape index (κ2) is 8.62. The van der Waals surface area contributed by atoms with Crippen LogP contribution >= 0.6 is 0 Å². The normalized spacial score (nSPS) is 21.5. The van der Waals surface area contributed by atoms with Crippen LogP contribution < -0.4 is 10.2 Å². The molecule has 2 saturated heterocycles. The van der Waals surface area contributed by atoms with Crippen LogP contribution in [0.25, 0.3) is 11.2 Å². The Hall–Kier alpha value is -2.26. The Labute approximate surface area is 158 Å². The number of anilines is 1. The maximum Gasteiger partial charge on any atom is 0.224 e. The standard InChI is InChI=1S/C18H27N7O2/c26-18(19-4-2-5-24-7-9-27-10-8-24)14-3-1-6-25(11-14)17-15-16(21-12-20-15)22-13-23-17/h12-14H,1-11H2,(H,19,26)(H,20,21,22,23)/t14-/m1/s1. The van der Waals surface area contributed by atoms with Gasteiger partial charge in [-0.1, -0.05) is 0 Å². The summed E-state index contributed by atoms with van der Waals surface area (Å²) in [7, 11) is 0. The van der Waals surface area contributed by atoms with Gasteiger partial charge in [-0.15, -0.1) is 0 Å². The smallest absolute Gasteiger partial charge is 0.224 e. The van der Waals surface area contributed by atoms with Crippen molar-refractivity contribution in [3.63, 3.8) is 0 Å². The molecule has 2 N–H and O–H groups in total. The van der Waals surface area contributed by atoms with Crippen LogP contribution in [0.1, 0.15) is 19.3 Å². The van der Waals surface area contributed by atoms with E-state index in [1.165, 1.54) is 6.33 Å². The van der Waals surface area contributed by atoms with E-state index in [4.69, 9.17) is 4.74 Å². The van der Waals surface area contributed by atoms with E-state index < -0.39 is 0 Å². The lowest BCUT2D eigenvalue weighted by molar-refractivity contribution is -0.125. The molecule has 2 aromatic rings. The quantitative estimate of drug-likeness (QED) is 0.708. The summed E-state index contributed by atoms with van der Waals surface area (Å²) in [6.45, 7) is 6.93. The zero-order valence-corrected chi connectivity index (χ0v) is 15.6. The molecule has 0 radical (unpaired) electrons. The molecule has 146 valence electrons. The summed E-state index contributed by atoms with van der Waals surface area (Å²) < 4.78 is 5.36. The number of aromatic nitrogens is 4. The van der Waals surface area contributed by atoms with Crippen molar-refractivity contribution < 1.29 is 9.53 Å². The van der Waals surface area contributed by atoms with E-state index in [1.807, 2.05) is 0 Å². The van der Waals surface area contributed by atoms with Crippen molar-refractivity contribution in [2.24, 2.45) is 5.92 Å². The number of imidazole rings is 1. The van der Waals surface area contributed by atoms with Gasteiger partial charge in [-0.3, -0.25) is 9.69 Å². The fourth-order valence-electron chi connectivity index (χ4n) is 3.86. The number of hydrogen-bond acceptors (Lipinski definition) is 7. The third-order valence-corrected chi connectivity index (χ3v) is 5.35. The minimum atomic E-state index is -0.00456. The number of piperidine rings is 1. The van der Waals surface area contributed by atoms with Crippen LogP contribution in [0.15, 0.2) is 12.7 Å². The predicted octanol–water partition coefficient (Wildman–Crippen LogP) is 0.408. The van der Waals surface area contributed by atoms with Crippen LogP contribution in [0, 0.1) is 5.92 Å². The van der Waals surface area contributed by atoms with Crippen molar-refractivity contribution in [2.45, 2.75) is 19.3 Å². The van der Waals surface area contributed by atoms with Gasteiger partial charge in [-0.05, 0) is 25.8 Å². The van der Waals surface area contributed by atoms with Crippen LogP contribution in [0.2, 0.25) is 0 Å². The molecule has 0 unspecified atom stereocenters. The molecule has 4 heterocycles. The number of morpholine rings is 1. The Morgan fingerprint density at radius 3 is 3.04 bits per heavy atom. The van der Waals surface area contributed by atoms with Gasteiger partial charge in [0.2, 0.25) is 5.91 Å². The predicted molar refractivity (Wildman–Crippen MR) is 102 cm³/mol. The maximum atomic E-state index is 12.6. The van der Waals surface area contributed by atoms with E-state index in [2.05, 4.69) is 35.1 Å². The van der Waals surface area contributed by atoms with Crippen molar-refractivity contribution in [1.29, 1.82) is 0 Å². The van der Waals surface area contributed by atoms with E-state index in [0.717, 1.165) is 76.5 Å². The summed E-state index contributed by atoms with van der Waals surface area (Å²) in [6.07, 6.45) is 6.04. The molecule has 0 spiro atoms. The lowest BCUT2D eigenvalue weighted by Gasteiger charge is -2.33. The van der Waals surface area contributed by atoms with Crippen LogP contribution in [0.5, 0.6) is 0 Å². The van der Waals surface area contributed by atoms with Crippen molar-refractivity contribution >= 4 is 22.9 Å². The second-order valence-electron chi connectivity index (χ2n) is 7.18. The molecular weight excluding hydrogens is 346 g/mol. The van der Waals surface area contributed by atoms with E-state index in [9.17, 15) is 4.79 Å². The summed E-state index contributed by atoms with van der Waals surface area (Å²) in [4.78, 5) is 33.1. The minimum Gasteiger partial charge on any atom is -0.379 e. The van der Waals surface area contributed by atoms with Gasteiger partial charge in [-0.2, -0.15) is 0 Å². The Bertz CT molecular complexity index is 759. The van der Waals surface area contributed by atoms with Crippen molar-refractivity contribution in [3.8, 4) is 0 Å². The average molecular weight is 373 g/mol. The van der Waals surface area contributed by atoms with Crippen molar-refractivity contribution in [1.82, 2.24) is 30.2 Å². The Morgan fingerprint density at radius 2 is 2.15 bits per heavy atom. The number of carbonyl (C=O) groups is 1. The second-order valence-corrected chi connectivity index (χ2v) is 7.18. The number of nitrogens with zero attached hydrogens (tertiary/aromatic N) is 5. The first-order valence-corrected chi connectivity index (χ1v) is 9.78. The highest BCUT2D eigenvalue weighted by Crippen LogP contribution is 2.25. The van der Waals surface area contributed by atoms with Crippen LogP contribution in [0.4, 0.5) is 5.82 Å². The summed E-state index contributed by atoms with van der Waals surface area (Å²) >= 11 is 0. The number of fused-ring (bicyclic) bond motifs is 1. The average Bonchev–Trinajstić information content (AvgIpc) is 3.21. The largest absolute Gasteiger partial charge is 0.379 e. The molecule has 0 aromatic carbocycles. The van der Waals surface area contributed by atoms with Gasteiger partial charge in [0.05, 0.1) is 25.5 Å². The molecule has 0 bridgehead atoms. The Morgan fingerprint density at radius 1 is 1.26 bits per heavy atom. The number of nitrogens with one attached hydrogen (secondary N) is 2. The number of amides is 1. The van der Waals surface area contributed by atoms with Gasteiger partial charge in [0.15, 0.2) is 11.5 Å². The van der Waals surface area contributed by atoms with Crippen molar-refractivity contribution in [2.75, 3.05) is 57.4 Å². The fraction of sp³-hybridized carbons (Fsp3) is 0.667. The molecule has 4 rings (SSSR count). The molecule has 1 atom stereocenters. The van der Waals surface area contributed by atoms with Gasteiger partial charge in [0, 0.05) is 32.7 Å². The highest BCUT2D eigenvalue weighted by molar-refractivity contribution is 5.84. The zero-order chi connectivity index (χ0) is 18.5. The maximum absolute atomic E-state index is 12.6. The number of ether oxygens (including phenoxy) is 1. The van der Waals surface area contributed by atoms with Crippen molar-refractivity contribution in [3.05, 3.63) is 12.7 Å². The molecule has 0 aliphatic carbocycles. The van der Waals surface area contributed by atoms with Gasteiger partial charge in [0.1, 0.15) is 11.8 Å². The monoisotopic (exact) mass is 373 g/mol. The first-order valence-electron chi connectivity index (χ1n) is 9.78. The van der Waals surface area contributed by atoms with Gasteiger partial charge < -0.3 is 19.9 Å². The summed E-state index contributed by atoms with van der Waals surface area (Å²) in [5, 5.41) is 3.12. The number of rotatable bonds is 6.